The van der Waals surface area contributed by atoms with E-state index in [-0.39, 0.29) is 12.0 Å². The van der Waals surface area contributed by atoms with Crippen molar-refractivity contribution in [3.8, 4) is 0 Å². The van der Waals surface area contributed by atoms with Gasteiger partial charge in [0.25, 0.3) is 10.1 Å². The van der Waals surface area contributed by atoms with Crippen LogP contribution in [-0.4, -0.2) is 38.8 Å². The van der Waals surface area contributed by atoms with Crippen molar-refractivity contribution < 1.29 is 12.6 Å². The van der Waals surface area contributed by atoms with Crippen LogP contribution in [-0.2, 0) is 19.8 Å². The lowest BCUT2D eigenvalue weighted by Gasteiger charge is -2.50. The fourth-order valence-corrected chi connectivity index (χ4v) is 5.62. The molecular formula is C26H29NO3S. The predicted octanol–water partition coefficient (Wildman–Crippen LogP) is 4.67. The standard InChI is InChI=1S/C26H29NO3S/c1-21-20-27(19-18-25(21)30-31(2,28)29)26(22-12-6-3-7-13-22,23-14-8-4-9-15-23)24-16-10-5-11-17-24/h3-17,21,25H,18-20H2,1-2H3. The van der Waals surface area contributed by atoms with Gasteiger partial charge in [-0.3, -0.25) is 9.08 Å². The molecule has 3 aromatic carbocycles. The highest BCUT2D eigenvalue weighted by molar-refractivity contribution is 7.86. The lowest BCUT2D eigenvalue weighted by atomic mass is 9.74. The summed E-state index contributed by atoms with van der Waals surface area (Å²) in [7, 11) is -3.48. The maximum Gasteiger partial charge on any atom is 0.264 e. The Bertz CT molecular complexity index is 989. The molecule has 4 rings (SSSR count). The molecule has 0 spiro atoms. The molecule has 2 unspecified atom stereocenters. The maximum atomic E-state index is 11.8. The molecule has 0 aromatic heterocycles. The minimum absolute atomic E-state index is 0.0685. The van der Waals surface area contributed by atoms with Crippen molar-refractivity contribution in [3.63, 3.8) is 0 Å². The van der Waals surface area contributed by atoms with Gasteiger partial charge < -0.3 is 0 Å². The van der Waals surface area contributed by atoms with Gasteiger partial charge in [0.05, 0.1) is 17.9 Å². The summed E-state index contributed by atoms with van der Waals surface area (Å²) in [5, 5.41) is 0. The largest absolute Gasteiger partial charge is 0.286 e. The van der Waals surface area contributed by atoms with Crippen LogP contribution in [0.2, 0.25) is 0 Å². The van der Waals surface area contributed by atoms with Gasteiger partial charge in [0.2, 0.25) is 0 Å². The van der Waals surface area contributed by atoms with Gasteiger partial charge in [0, 0.05) is 13.1 Å². The molecule has 0 radical (unpaired) electrons. The van der Waals surface area contributed by atoms with Crippen molar-refractivity contribution in [3.05, 3.63) is 108 Å². The highest BCUT2D eigenvalue weighted by atomic mass is 32.2. The Morgan fingerprint density at radius 2 is 1.23 bits per heavy atom. The third-order valence-electron chi connectivity index (χ3n) is 6.17. The topological polar surface area (TPSA) is 46.6 Å². The highest BCUT2D eigenvalue weighted by Gasteiger charge is 2.45. The maximum absolute atomic E-state index is 11.8. The van der Waals surface area contributed by atoms with E-state index in [0.717, 1.165) is 19.3 Å². The summed E-state index contributed by atoms with van der Waals surface area (Å²) < 4.78 is 28.9. The van der Waals surface area contributed by atoms with E-state index >= 15 is 0 Å². The number of hydrogen-bond donors (Lipinski definition) is 0. The summed E-state index contributed by atoms with van der Waals surface area (Å²) in [6.07, 6.45) is 1.49. The highest BCUT2D eigenvalue weighted by Crippen LogP contribution is 2.44. The van der Waals surface area contributed by atoms with E-state index in [1.807, 2.05) is 18.2 Å². The Balaban J connectivity index is 1.86. The van der Waals surface area contributed by atoms with Crippen LogP contribution in [0, 0.1) is 5.92 Å². The zero-order valence-electron chi connectivity index (χ0n) is 18.0. The van der Waals surface area contributed by atoms with Crippen LogP contribution < -0.4 is 0 Å². The van der Waals surface area contributed by atoms with Gasteiger partial charge in [-0.25, -0.2) is 0 Å². The molecule has 0 saturated carbocycles. The van der Waals surface area contributed by atoms with E-state index < -0.39 is 15.7 Å². The van der Waals surface area contributed by atoms with Crippen LogP contribution in [0.15, 0.2) is 91.0 Å². The molecule has 5 heteroatoms. The second-order valence-corrected chi connectivity index (χ2v) is 9.96. The van der Waals surface area contributed by atoms with Crippen LogP contribution >= 0.6 is 0 Å². The van der Waals surface area contributed by atoms with E-state index in [1.54, 1.807) is 0 Å². The van der Waals surface area contributed by atoms with Gasteiger partial charge in [-0.05, 0) is 29.0 Å². The molecule has 4 nitrogen and oxygen atoms in total. The first-order chi connectivity index (χ1) is 14.9. The van der Waals surface area contributed by atoms with Crippen molar-refractivity contribution in [2.75, 3.05) is 19.3 Å². The number of hydrogen-bond acceptors (Lipinski definition) is 4. The molecule has 0 amide bonds. The SMILES string of the molecule is CC1CN(C(c2ccccc2)(c2ccccc2)c2ccccc2)CCC1OS(C)(=O)=O. The smallest absolute Gasteiger partial charge is 0.264 e. The van der Waals surface area contributed by atoms with Gasteiger partial charge in [0.15, 0.2) is 0 Å². The molecule has 0 bridgehead atoms. The minimum Gasteiger partial charge on any atom is -0.286 e. The fourth-order valence-electron chi connectivity index (χ4n) is 4.88. The van der Waals surface area contributed by atoms with Crippen molar-refractivity contribution >= 4 is 10.1 Å². The Morgan fingerprint density at radius 1 is 0.806 bits per heavy atom. The van der Waals surface area contributed by atoms with E-state index in [1.165, 1.54) is 16.7 Å². The zero-order chi connectivity index (χ0) is 21.9. The average Bonchev–Trinajstić information content (AvgIpc) is 2.78. The van der Waals surface area contributed by atoms with Gasteiger partial charge >= 0.3 is 0 Å². The number of nitrogens with zero attached hydrogens (tertiary/aromatic N) is 1. The van der Waals surface area contributed by atoms with Crippen molar-refractivity contribution in [2.45, 2.75) is 25.0 Å². The lowest BCUT2D eigenvalue weighted by molar-refractivity contribution is 0.0209. The van der Waals surface area contributed by atoms with E-state index in [0.29, 0.717) is 6.42 Å². The normalized spacial score (nSPS) is 20.5. The summed E-state index contributed by atoms with van der Waals surface area (Å²) in [5.74, 6) is 0.0685. The van der Waals surface area contributed by atoms with Gasteiger partial charge in [-0.15, -0.1) is 0 Å². The first-order valence-electron chi connectivity index (χ1n) is 10.7. The van der Waals surface area contributed by atoms with Crippen molar-refractivity contribution in [1.29, 1.82) is 0 Å². The van der Waals surface area contributed by atoms with Crippen LogP contribution in [0.1, 0.15) is 30.0 Å². The molecule has 2 atom stereocenters. The van der Waals surface area contributed by atoms with Crippen LogP contribution in [0.5, 0.6) is 0 Å². The van der Waals surface area contributed by atoms with Crippen LogP contribution in [0.3, 0.4) is 0 Å². The fraction of sp³-hybridized carbons (Fsp3) is 0.308. The van der Waals surface area contributed by atoms with Gasteiger partial charge in [-0.1, -0.05) is 97.9 Å². The second kappa shape index (κ2) is 8.95. The molecular weight excluding hydrogens is 406 g/mol. The molecule has 31 heavy (non-hydrogen) atoms. The number of likely N-dealkylation sites (tertiary alicyclic amines) is 1. The minimum atomic E-state index is -3.48. The molecule has 1 fully saturated rings. The Labute approximate surface area is 185 Å². The zero-order valence-corrected chi connectivity index (χ0v) is 18.8. The molecule has 1 saturated heterocycles. The first kappa shape index (κ1) is 21.8. The molecule has 0 N–H and O–H groups in total. The molecule has 3 aromatic rings. The second-order valence-electron chi connectivity index (χ2n) is 8.36. The number of rotatable bonds is 6. The summed E-state index contributed by atoms with van der Waals surface area (Å²) in [5.41, 5.74) is 3.11. The molecule has 0 aliphatic carbocycles. The summed E-state index contributed by atoms with van der Waals surface area (Å²) in [4.78, 5) is 2.49. The van der Waals surface area contributed by atoms with Crippen molar-refractivity contribution in [1.82, 2.24) is 4.90 Å². The number of piperidine rings is 1. The Hall–Kier alpha value is -2.47. The number of benzene rings is 3. The lowest BCUT2D eigenvalue weighted by Crippen LogP contribution is -2.55. The van der Waals surface area contributed by atoms with Gasteiger partial charge in [-0.2, -0.15) is 8.42 Å². The Morgan fingerprint density at radius 3 is 1.58 bits per heavy atom. The molecule has 1 aliphatic heterocycles. The monoisotopic (exact) mass is 435 g/mol. The summed E-state index contributed by atoms with van der Waals surface area (Å²) in [6.45, 7) is 3.52. The molecule has 1 aliphatic rings. The third-order valence-corrected chi connectivity index (χ3v) is 6.77. The Kier molecular flexibility index (Phi) is 6.28. The van der Waals surface area contributed by atoms with Crippen LogP contribution in [0.4, 0.5) is 0 Å². The quantitative estimate of drug-likeness (QED) is 0.417. The molecule has 1 heterocycles. The van der Waals surface area contributed by atoms with Gasteiger partial charge in [0.1, 0.15) is 0 Å². The van der Waals surface area contributed by atoms with E-state index in [2.05, 4.69) is 84.6 Å². The average molecular weight is 436 g/mol. The summed E-state index contributed by atoms with van der Waals surface area (Å²) in [6, 6.07) is 31.7. The molecule has 162 valence electrons. The van der Waals surface area contributed by atoms with E-state index in [4.69, 9.17) is 4.18 Å². The first-order valence-corrected chi connectivity index (χ1v) is 12.5. The third kappa shape index (κ3) is 4.45. The summed E-state index contributed by atoms with van der Waals surface area (Å²) >= 11 is 0. The van der Waals surface area contributed by atoms with E-state index in [9.17, 15) is 8.42 Å². The van der Waals surface area contributed by atoms with Crippen LogP contribution in [0.25, 0.3) is 0 Å². The predicted molar refractivity (Wildman–Crippen MR) is 124 cm³/mol. The van der Waals surface area contributed by atoms with Crippen molar-refractivity contribution in [2.24, 2.45) is 5.92 Å².